The van der Waals surface area contributed by atoms with E-state index in [0.29, 0.717) is 12.1 Å². The minimum Gasteiger partial charge on any atom is -0.376 e. The first-order chi connectivity index (χ1) is 7.84. The molecular weight excluding hydrogens is 204 g/mol. The molecule has 1 aliphatic heterocycles. The Labute approximate surface area is 96.8 Å². The number of nitrogens with two attached hydrogens (primary N) is 1. The second kappa shape index (κ2) is 6.06. The zero-order chi connectivity index (χ0) is 11.2. The molecular formula is C11H22N4O. The summed E-state index contributed by atoms with van der Waals surface area (Å²) in [5.41, 5.74) is 5.84. The maximum absolute atomic E-state index is 5.84. The molecule has 2 rings (SSSR count). The second-order valence-corrected chi connectivity index (χ2v) is 4.49. The molecule has 0 bridgehead atoms. The average molecular weight is 226 g/mol. The molecule has 4 N–H and O–H groups in total. The van der Waals surface area contributed by atoms with Gasteiger partial charge in [-0.1, -0.05) is 0 Å². The third kappa shape index (κ3) is 3.64. The Morgan fingerprint density at radius 2 is 2.19 bits per heavy atom. The predicted octanol–water partition coefficient (Wildman–Crippen LogP) is -0.178. The predicted molar refractivity (Wildman–Crippen MR) is 64.5 cm³/mol. The van der Waals surface area contributed by atoms with Gasteiger partial charge in [0.2, 0.25) is 0 Å². The topological polar surface area (TPSA) is 71.7 Å². The van der Waals surface area contributed by atoms with E-state index < -0.39 is 0 Å². The van der Waals surface area contributed by atoms with Crippen molar-refractivity contribution >= 4 is 5.96 Å². The van der Waals surface area contributed by atoms with Crippen LogP contribution in [0.4, 0.5) is 0 Å². The van der Waals surface area contributed by atoms with Gasteiger partial charge >= 0.3 is 0 Å². The van der Waals surface area contributed by atoms with Crippen LogP contribution in [0.25, 0.3) is 0 Å². The molecule has 16 heavy (non-hydrogen) atoms. The fourth-order valence-corrected chi connectivity index (χ4v) is 2.17. The van der Waals surface area contributed by atoms with Crippen molar-refractivity contribution in [1.29, 1.82) is 0 Å². The smallest absolute Gasteiger partial charge is 0.191 e. The molecule has 92 valence electrons. The lowest BCUT2D eigenvalue weighted by Gasteiger charge is -2.26. The number of aliphatic imine (C=N–C) groups is 1. The first-order valence-corrected chi connectivity index (χ1v) is 6.24. The first-order valence-electron chi connectivity index (χ1n) is 6.24. The van der Waals surface area contributed by atoms with Gasteiger partial charge in [0, 0.05) is 19.1 Å². The van der Waals surface area contributed by atoms with E-state index in [4.69, 9.17) is 10.5 Å². The van der Waals surface area contributed by atoms with E-state index in [-0.39, 0.29) is 0 Å². The number of nitrogens with one attached hydrogen (secondary N) is 2. The van der Waals surface area contributed by atoms with Gasteiger partial charge in [-0.05, 0) is 25.7 Å². The Hall–Kier alpha value is -0.810. The molecule has 0 spiro atoms. The van der Waals surface area contributed by atoms with Crippen LogP contribution in [0.1, 0.15) is 25.7 Å². The van der Waals surface area contributed by atoms with E-state index in [2.05, 4.69) is 15.6 Å². The molecule has 0 atom stereocenters. The van der Waals surface area contributed by atoms with Crippen molar-refractivity contribution < 1.29 is 4.74 Å². The van der Waals surface area contributed by atoms with Crippen LogP contribution in [0.3, 0.4) is 0 Å². The van der Waals surface area contributed by atoms with Crippen molar-refractivity contribution in [3.8, 4) is 0 Å². The van der Waals surface area contributed by atoms with Gasteiger partial charge in [0.15, 0.2) is 5.96 Å². The summed E-state index contributed by atoms with van der Waals surface area (Å²) >= 11 is 0. The Morgan fingerprint density at radius 1 is 1.38 bits per heavy atom. The normalized spacial score (nSPS) is 29.7. The molecule has 0 saturated heterocycles. The lowest BCUT2D eigenvalue weighted by molar-refractivity contribution is 0.0284. The van der Waals surface area contributed by atoms with E-state index in [9.17, 15) is 0 Å². The number of hydrogen-bond acceptors (Lipinski definition) is 5. The number of guanidine groups is 1. The van der Waals surface area contributed by atoms with Gasteiger partial charge in [0.25, 0.3) is 0 Å². The highest BCUT2D eigenvalue weighted by Gasteiger charge is 2.18. The third-order valence-corrected chi connectivity index (χ3v) is 3.14. The SMILES string of the molecule is NC1CCC(OCCNC2=NCCN2)CC1. The number of hydrogen-bond donors (Lipinski definition) is 3. The fourth-order valence-electron chi connectivity index (χ4n) is 2.17. The van der Waals surface area contributed by atoms with Crippen molar-refractivity contribution in [2.24, 2.45) is 10.7 Å². The quantitative estimate of drug-likeness (QED) is 0.582. The van der Waals surface area contributed by atoms with Crippen LogP contribution in [-0.4, -0.2) is 44.3 Å². The minimum atomic E-state index is 0.398. The van der Waals surface area contributed by atoms with Gasteiger partial charge in [-0.2, -0.15) is 0 Å². The van der Waals surface area contributed by atoms with Crippen molar-refractivity contribution in [2.75, 3.05) is 26.2 Å². The number of rotatable bonds is 4. The molecule has 1 aliphatic carbocycles. The van der Waals surface area contributed by atoms with Crippen LogP contribution >= 0.6 is 0 Å². The number of ether oxygens (including phenoxy) is 1. The van der Waals surface area contributed by atoms with E-state index in [1.54, 1.807) is 0 Å². The average Bonchev–Trinajstić information content (AvgIpc) is 2.80. The van der Waals surface area contributed by atoms with Crippen LogP contribution in [0.15, 0.2) is 4.99 Å². The highest BCUT2D eigenvalue weighted by Crippen LogP contribution is 2.19. The maximum atomic E-state index is 5.84. The maximum Gasteiger partial charge on any atom is 0.191 e. The first kappa shape index (κ1) is 11.7. The Kier molecular flexibility index (Phi) is 4.42. The highest BCUT2D eigenvalue weighted by molar-refractivity contribution is 5.81. The molecule has 2 aliphatic rings. The monoisotopic (exact) mass is 226 g/mol. The van der Waals surface area contributed by atoms with Gasteiger partial charge in [0.05, 0.1) is 19.3 Å². The van der Waals surface area contributed by atoms with Crippen molar-refractivity contribution in [1.82, 2.24) is 10.6 Å². The molecule has 0 radical (unpaired) electrons. The van der Waals surface area contributed by atoms with Gasteiger partial charge in [0.1, 0.15) is 0 Å². The summed E-state index contributed by atoms with van der Waals surface area (Å²) in [6.45, 7) is 3.41. The molecule has 1 heterocycles. The van der Waals surface area contributed by atoms with Crippen LogP contribution in [0.5, 0.6) is 0 Å². The lowest BCUT2D eigenvalue weighted by Crippen LogP contribution is -2.37. The summed E-state index contributed by atoms with van der Waals surface area (Å²) in [5, 5.41) is 6.39. The largest absolute Gasteiger partial charge is 0.376 e. The van der Waals surface area contributed by atoms with Crippen LogP contribution < -0.4 is 16.4 Å². The van der Waals surface area contributed by atoms with E-state index in [1.807, 2.05) is 0 Å². The summed E-state index contributed by atoms with van der Waals surface area (Å²) in [7, 11) is 0. The summed E-state index contributed by atoms with van der Waals surface area (Å²) in [6, 6.07) is 0.398. The van der Waals surface area contributed by atoms with E-state index in [1.165, 1.54) is 0 Å². The molecule has 0 aromatic heterocycles. The summed E-state index contributed by atoms with van der Waals surface area (Å²) in [6.07, 6.45) is 4.85. The molecule has 5 nitrogen and oxygen atoms in total. The second-order valence-electron chi connectivity index (χ2n) is 4.49. The van der Waals surface area contributed by atoms with Gasteiger partial charge < -0.3 is 21.1 Å². The van der Waals surface area contributed by atoms with Crippen LogP contribution in [0.2, 0.25) is 0 Å². The Balaban J connectivity index is 1.51. The summed E-state index contributed by atoms with van der Waals surface area (Å²) in [5.74, 6) is 0.911. The van der Waals surface area contributed by atoms with E-state index in [0.717, 1.165) is 57.9 Å². The van der Waals surface area contributed by atoms with Gasteiger partial charge in [-0.15, -0.1) is 0 Å². The van der Waals surface area contributed by atoms with Crippen molar-refractivity contribution in [3.63, 3.8) is 0 Å². The van der Waals surface area contributed by atoms with Gasteiger partial charge in [-0.25, -0.2) is 0 Å². The molecule has 0 amide bonds. The third-order valence-electron chi connectivity index (χ3n) is 3.14. The standard InChI is InChI=1S/C11H22N4O/c12-9-1-3-10(4-2-9)16-8-7-15-11-13-5-6-14-11/h9-10H,1-8,12H2,(H2,13,14,15). The summed E-state index contributed by atoms with van der Waals surface area (Å²) < 4.78 is 5.79. The zero-order valence-corrected chi connectivity index (χ0v) is 9.74. The molecule has 0 aromatic carbocycles. The van der Waals surface area contributed by atoms with Gasteiger partial charge in [-0.3, -0.25) is 4.99 Å². The number of nitrogens with zero attached hydrogens (tertiary/aromatic N) is 1. The minimum absolute atomic E-state index is 0.398. The zero-order valence-electron chi connectivity index (χ0n) is 9.74. The highest BCUT2D eigenvalue weighted by atomic mass is 16.5. The van der Waals surface area contributed by atoms with Crippen LogP contribution in [-0.2, 0) is 4.74 Å². The molecule has 1 fully saturated rings. The lowest BCUT2D eigenvalue weighted by atomic mass is 9.94. The molecule has 0 unspecified atom stereocenters. The summed E-state index contributed by atoms with van der Waals surface area (Å²) in [4.78, 5) is 4.25. The van der Waals surface area contributed by atoms with Crippen molar-refractivity contribution in [3.05, 3.63) is 0 Å². The molecule has 0 aromatic rings. The van der Waals surface area contributed by atoms with E-state index >= 15 is 0 Å². The fraction of sp³-hybridized carbons (Fsp3) is 0.909. The molecule has 5 heteroatoms. The Morgan fingerprint density at radius 3 is 2.88 bits per heavy atom. The van der Waals surface area contributed by atoms with Crippen LogP contribution in [0, 0.1) is 0 Å². The molecule has 1 saturated carbocycles. The van der Waals surface area contributed by atoms with Crippen molar-refractivity contribution in [2.45, 2.75) is 37.8 Å². The Bertz CT molecular complexity index is 236.